The zero-order valence-corrected chi connectivity index (χ0v) is 15.5. The molecule has 0 aliphatic carbocycles. The first-order valence-corrected chi connectivity index (χ1v) is 9.07. The van der Waals surface area contributed by atoms with Crippen LogP contribution in [0.15, 0.2) is 47.3 Å². The number of ether oxygens (including phenoxy) is 1. The van der Waals surface area contributed by atoms with E-state index in [1.54, 1.807) is 30.3 Å². The number of methoxy groups -OCH3 is 1. The summed E-state index contributed by atoms with van der Waals surface area (Å²) in [6.07, 6.45) is 0.575. The van der Waals surface area contributed by atoms with Crippen LogP contribution in [0.2, 0.25) is 0 Å². The van der Waals surface area contributed by atoms with Crippen LogP contribution in [-0.2, 0) is 19.5 Å². The number of fused-ring (bicyclic) bond motifs is 1. The Morgan fingerprint density at radius 3 is 2.79 bits per heavy atom. The first-order valence-electron chi connectivity index (χ1n) is 9.07. The van der Waals surface area contributed by atoms with E-state index in [2.05, 4.69) is 14.9 Å². The van der Waals surface area contributed by atoms with Crippen molar-refractivity contribution in [2.24, 2.45) is 0 Å². The van der Waals surface area contributed by atoms with Crippen LogP contribution in [0.3, 0.4) is 0 Å². The molecule has 1 aliphatic heterocycles. The lowest BCUT2D eigenvalue weighted by atomic mass is 10.0. The molecule has 4 rings (SSSR count). The third-order valence-corrected chi connectivity index (χ3v) is 4.99. The highest BCUT2D eigenvalue weighted by molar-refractivity contribution is 5.58. The molecule has 0 amide bonds. The highest BCUT2D eigenvalue weighted by Crippen LogP contribution is 2.24. The molecule has 0 atom stereocenters. The first kappa shape index (κ1) is 18.2. The van der Waals surface area contributed by atoms with Gasteiger partial charge in [-0.15, -0.1) is 0 Å². The maximum absolute atomic E-state index is 14.5. The fraction of sp³-hybridized carbons (Fsp3) is 0.238. The molecule has 0 fully saturated rings. The van der Waals surface area contributed by atoms with Crippen molar-refractivity contribution in [1.29, 1.82) is 0 Å². The summed E-state index contributed by atoms with van der Waals surface area (Å²) < 4.78 is 19.5. The Labute approximate surface area is 161 Å². The monoisotopic (exact) mass is 380 g/mol. The standard InChI is InChI=1S/C21H21FN4O2/c1-28-18-4-2-3-14(19(18)22)11-26-10-9-16-17(12-26)24-20(25-21(16)27)13-5-7-15(23)8-6-13/h2-8H,9-12,23H2,1H3,(H,24,25,27). The zero-order valence-electron chi connectivity index (χ0n) is 15.5. The lowest BCUT2D eigenvalue weighted by molar-refractivity contribution is 0.236. The predicted octanol–water partition coefficient (Wildman–Crippen LogP) is 2.73. The van der Waals surface area contributed by atoms with Crippen LogP contribution in [-0.4, -0.2) is 28.5 Å². The molecule has 3 N–H and O–H groups in total. The molecule has 3 aromatic rings. The van der Waals surface area contributed by atoms with Crippen LogP contribution in [0.1, 0.15) is 16.8 Å². The van der Waals surface area contributed by atoms with Gasteiger partial charge in [-0.1, -0.05) is 12.1 Å². The molecule has 0 radical (unpaired) electrons. The van der Waals surface area contributed by atoms with Gasteiger partial charge in [0, 0.05) is 42.0 Å². The highest BCUT2D eigenvalue weighted by Gasteiger charge is 2.22. The Hall–Kier alpha value is -3.19. The molecular formula is C21H21FN4O2. The average molecular weight is 380 g/mol. The van der Waals surface area contributed by atoms with Gasteiger partial charge in [-0.25, -0.2) is 9.37 Å². The number of nitrogens with two attached hydrogens (primary N) is 1. The zero-order chi connectivity index (χ0) is 19.7. The Morgan fingerprint density at radius 1 is 1.25 bits per heavy atom. The van der Waals surface area contributed by atoms with E-state index in [1.807, 2.05) is 12.1 Å². The summed E-state index contributed by atoms with van der Waals surface area (Å²) in [4.78, 5) is 22.1. The topological polar surface area (TPSA) is 84.2 Å². The van der Waals surface area contributed by atoms with E-state index in [1.165, 1.54) is 7.11 Å². The number of aromatic amines is 1. The smallest absolute Gasteiger partial charge is 0.254 e. The molecule has 7 heteroatoms. The van der Waals surface area contributed by atoms with Gasteiger partial charge < -0.3 is 15.5 Å². The normalized spacial score (nSPS) is 13.9. The number of halogens is 1. The van der Waals surface area contributed by atoms with Crippen molar-refractivity contribution < 1.29 is 9.13 Å². The summed E-state index contributed by atoms with van der Waals surface area (Å²) in [7, 11) is 1.45. The van der Waals surface area contributed by atoms with E-state index in [-0.39, 0.29) is 17.1 Å². The minimum Gasteiger partial charge on any atom is -0.494 e. The van der Waals surface area contributed by atoms with Gasteiger partial charge in [0.25, 0.3) is 5.56 Å². The summed E-state index contributed by atoms with van der Waals surface area (Å²) in [5, 5.41) is 0. The van der Waals surface area contributed by atoms with Crippen molar-refractivity contribution in [2.75, 3.05) is 19.4 Å². The molecule has 0 saturated carbocycles. The van der Waals surface area contributed by atoms with Crippen molar-refractivity contribution in [3.8, 4) is 17.1 Å². The minimum atomic E-state index is -0.350. The van der Waals surface area contributed by atoms with E-state index in [0.717, 1.165) is 11.3 Å². The molecule has 6 nitrogen and oxygen atoms in total. The molecular weight excluding hydrogens is 359 g/mol. The number of hydrogen-bond donors (Lipinski definition) is 2. The fourth-order valence-electron chi connectivity index (χ4n) is 3.48. The molecule has 144 valence electrons. The molecule has 1 aliphatic rings. The lowest BCUT2D eigenvalue weighted by Gasteiger charge is -2.28. The number of anilines is 1. The van der Waals surface area contributed by atoms with E-state index in [0.29, 0.717) is 48.7 Å². The summed E-state index contributed by atoms with van der Waals surface area (Å²) in [6.45, 7) is 1.57. The predicted molar refractivity (Wildman–Crippen MR) is 105 cm³/mol. The van der Waals surface area contributed by atoms with Crippen LogP contribution in [0, 0.1) is 5.82 Å². The number of aromatic nitrogens is 2. The Balaban J connectivity index is 1.61. The number of benzene rings is 2. The highest BCUT2D eigenvalue weighted by atomic mass is 19.1. The molecule has 0 bridgehead atoms. The van der Waals surface area contributed by atoms with Crippen molar-refractivity contribution in [3.05, 3.63) is 75.5 Å². The number of nitrogens with zero attached hydrogens (tertiary/aromatic N) is 2. The largest absolute Gasteiger partial charge is 0.494 e. The average Bonchev–Trinajstić information content (AvgIpc) is 2.70. The molecule has 2 aromatic carbocycles. The van der Waals surface area contributed by atoms with Gasteiger partial charge in [0.15, 0.2) is 11.6 Å². The number of nitrogen functional groups attached to an aromatic ring is 1. The Kier molecular flexibility index (Phi) is 4.83. The third kappa shape index (κ3) is 3.48. The summed E-state index contributed by atoms with van der Waals surface area (Å²) in [5.41, 5.74) is 9.04. The van der Waals surface area contributed by atoms with Gasteiger partial charge in [-0.3, -0.25) is 9.69 Å². The van der Waals surface area contributed by atoms with E-state index in [4.69, 9.17) is 10.5 Å². The first-order chi connectivity index (χ1) is 13.5. The van der Waals surface area contributed by atoms with Gasteiger partial charge in [0.05, 0.1) is 12.8 Å². The second-order valence-corrected chi connectivity index (χ2v) is 6.86. The fourth-order valence-corrected chi connectivity index (χ4v) is 3.48. The van der Waals surface area contributed by atoms with Gasteiger partial charge in [0.1, 0.15) is 5.82 Å². The van der Waals surface area contributed by atoms with Gasteiger partial charge >= 0.3 is 0 Å². The number of nitrogens with one attached hydrogen (secondary N) is 1. The number of H-pyrrole nitrogens is 1. The van der Waals surface area contributed by atoms with E-state index >= 15 is 0 Å². The number of hydrogen-bond acceptors (Lipinski definition) is 5. The van der Waals surface area contributed by atoms with Crippen molar-refractivity contribution in [3.63, 3.8) is 0 Å². The molecule has 28 heavy (non-hydrogen) atoms. The molecule has 0 saturated heterocycles. The molecule has 0 unspecified atom stereocenters. The van der Waals surface area contributed by atoms with Crippen LogP contribution >= 0.6 is 0 Å². The summed E-state index contributed by atoms with van der Waals surface area (Å²) >= 11 is 0. The Morgan fingerprint density at radius 2 is 2.04 bits per heavy atom. The maximum Gasteiger partial charge on any atom is 0.254 e. The minimum absolute atomic E-state index is 0.121. The van der Waals surface area contributed by atoms with Gasteiger partial charge in [-0.05, 0) is 36.8 Å². The summed E-state index contributed by atoms with van der Waals surface area (Å²) in [5.74, 6) is 0.394. The van der Waals surface area contributed by atoms with Crippen molar-refractivity contribution in [2.45, 2.75) is 19.5 Å². The number of rotatable bonds is 4. The van der Waals surface area contributed by atoms with Crippen LogP contribution in [0.4, 0.5) is 10.1 Å². The van der Waals surface area contributed by atoms with E-state index < -0.39 is 0 Å². The van der Waals surface area contributed by atoms with Crippen molar-refractivity contribution in [1.82, 2.24) is 14.9 Å². The van der Waals surface area contributed by atoms with Crippen LogP contribution < -0.4 is 16.0 Å². The van der Waals surface area contributed by atoms with Crippen LogP contribution in [0.25, 0.3) is 11.4 Å². The van der Waals surface area contributed by atoms with Crippen molar-refractivity contribution >= 4 is 5.69 Å². The van der Waals surface area contributed by atoms with Gasteiger partial charge in [-0.2, -0.15) is 0 Å². The lowest BCUT2D eigenvalue weighted by Crippen LogP contribution is -2.35. The van der Waals surface area contributed by atoms with E-state index in [9.17, 15) is 9.18 Å². The maximum atomic E-state index is 14.5. The molecule has 1 aromatic heterocycles. The molecule has 0 spiro atoms. The third-order valence-electron chi connectivity index (χ3n) is 4.99. The van der Waals surface area contributed by atoms with Gasteiger partial charge in [0.2, 0.25) is 0 Å². The second-order valence-electron chi connectivity index (χ2n) is 6.86. The second kappa shape index (κ2) is 7.44. The van der Waals surface area contributed by atoms with Crippen LogP contribution in [0.5, 0.6) is 5.75 Å². The molecule has 2 heterocycles. The summed E-state index contributed by atoms with van der Waals surface area (Å²) in [6, 6.07) is 12.3. The quantitative estimate of drug-likeness (QED) is 0.680. The Bertz CT molecular complexity index is 1060. The SMILES string of the molecule is COc1cccc(CN2CCc3c(nc(-c4ccc(N)cc4)[nH]c3=O)C2)c1F.